The molecule has 0 bridgehead atoms. The van der Waals surface area contributed by atoms with Gasteiger partial charge in [0.05, 0.1) is 11.4 Å². The number of carbonyl (C=O) groups is 1. The Labute approximate surface area is 155 Å². The predicted molar refractivity (Wildman–Crippen MR) is 109 cm³/mol. The van der Waals surface area contributed by atoms with Crippen molar-refractivity contribution in [3.05, 3.63) is 48.1 Å². The average Bonchev–Trinajstić information content (AvgIpc) is 3.41. The zero-order chi connectivity index (χ0) is 18.1. The van der Waals surface area contributed by atoms with E-state index in [1.54, 1.807) is 11.8 Å². The summed E-state index contributed by atoms with van der Waals surface area (Å²) in [6, 6.07) is 8.73. The molecule has 1 aliphatic carbocycles. The molecular weight excluding hydrogens is 328 g/mol. The van der Waals surface area contributed by atoms with Gasteiger partial charge >= 0.3 is 0 Å². The van der Waals surface area contributed by atoms with Gasteiger partial charge in [-0.25, -0.2) is 0 Å². The van der Waals surface area contributed by atoms with Crippen LogP contribution in [-0.2, 0) is 4.79 Å². The van der Waals surface area contributed by atoms with Crippen molar-refractivity contribution in [1.82, 2.24) is 5.32 Å². The number of nitrogens with one attached hydrogen (secondary N) is 1. The van der Waals surface area contributed by atoms with Gasteiger partial charge in [-0.05, 0) is 51.3 Å². The first-order valence-electron chi connectivity index (χ1n) is 9.03. The Kier molecular flexibility index (Phi) is 7.99. The lowest BCUT2D eigenvalue weighted by molar-refractivity contribution is -0.118. The van der Waals surface area contributed by atoms with E-state index in [1.807, 2.05) is 32.1 Å². The number of unbranched alkanes of at least 4 members (excludes halogenated alkanes) is 1. The number of nitrogens with zero attached hydrogens (tertiary/aromatic N) is 1. The van der Waals surface area contributed by atoms with Crippen molar-refractivity contribution < 1.29 is 4.79 Å². The molecule has 0 aliphatic heterocycles. The summed E-state index contributed by atoms with van der Waals surface area (Å²) in [5.41, 5.74) is 3.10. The normalized spacial score (nSPS) is 15.6. The van der Waals surface area contributed by atoms with Crippen molar-refractivity contribution in [3.8, 4) is 0 Å². The molecule has 1 fully saturated rings. The zero-order valence-electron chi connectivity index (χ0n) is 15.4. The second-order valence-electron chi connectivity index (χ2n) is 6.29. The Hall–Kier alpha value is -1.81. The molecule has 0 saturated heterocycles. The third-order valence-electron chi connectivity index (χ3n) is 3.77. The number of allylic oxidation sites excluding steroid dienone is 3. The van der Waals surface area contributed by atoms with Gasteiger partial charge in [0.2, 0.25) is 5.91 Å². The van der Waals surface area contributed by atoms with Crippen LogP contribution in [0.3, 0.4) is 0 Å². The first-order chi connectivity index (χ1) is 12.1. The lowest BCUT2D eigenvalue weighted by atomic mass is 10.1. The molecule has 2 rings (SSSR count). The van der Waals surface area contributed by atoms with Gasteiger partial charge < -0.3 is 5.32 Å². The van der Waals surface area contributed by atoms with Crippen LogP contribution in [0.25, 0.3) is 5.70 Å². The van der Waals surface area contributed by atoms with Crippen LogP contribution in [0, 0.1) is 0 Å². The molecule has 0 spiro atoms. The fourth-order valence-corrected chi connectivity index (χ4v) is 3.13. The summed E-state index contributed by atoms with van der Waals surface area (Å²) in [5.74, 6) is 0.594. The van der Waals surface area contributed by atoms with Crippen LogP contribution in [0.1, 0.15) is 52.0 Å². The second-order valence-corrected chi connectivity index (χ2v) is 7.34. The lowest BCUT2D eigenvalue weighted by Gasteiger charge is -2.08. The molecule has 0 atom stereocenters. The number of aliphatic imine (C=N–C) groups is 1. The summed E-state index contributed by atoms with van der Waals surface area (Å²) < 4.78 is 0. The summed E-state index contributed by atoms with van der Waals surface area (Å²) in [6.07, 6.45) is 10.6. The monoisotopic (exact) mass is 356 g/mol. The van der Waals surface area contributed by atoms with Crippen molar-refractivity contribution >= 4 is 29.1 Å². The molecule has 25 heavy (non-hydrogen) atoms. The number of amides is 1. The maximum Gasteiger partial charge on any atom is 0.230 e. The molecule has 1 aromatic carbocycles. The number of hydrogen-bond acceptors (Lipinski definition) is 3. The van der Waals surface area contributed by atoms with E-state index in [4.69, 9.17) is 4.99 Å². The van der Waals surface area contributed by atoms with Gasteiger partial charge in [-0.15, -0.1) is 11.8 Å². The maximum atomic E-state index is 11.9. The van der Waals surface area contributed by atoms with Crippen LogP contribution in [0.4, 0.5) is 0 Å². The Balaban J connectivity index is 2.09. The Morgan fingerprint density at radius 3 is 2.88 bits per heavy atom. The van der Waals surface area contributed by atoms with Gasteiger partial charge in [0.25, 0.3) is 0 Å². The van der Waals surface area contributed by atoms with E-state index in [2.05, 4.69) is 36.5 Å². The second kappa shape index (κ2) is 10.2. The highest BCUT2D eigenvalue weighted by Gasteiger charge is 2.22. The Bertz CT molecular complexity index is 672. The number of benzene rings is 1. The maximum absolute atomic E-state index is 11.9. The molecule has 4 heteroatoms. The quantitative estimate of drug-likeness (QED) is 0.486. The standard InChI is InChI=1S/C21H28N2OS/c1-4-6-11-20(22-16(3)8-5-2)17-9-7-10-19(14-17)25-15-21(24)23-18-12-13-18/h5,7-11,14,18H,4,6,12-13,15H2,1-3H3,(H,23,24). The Morgan fingerprint density at radius 2 is 2.20 bits per heavy atom. The van der Waals surface area contributed by atoms with Crippen molar-refractivity contribution in [2.24, 2.45) is 4.99 Å². The van der Waals surface area contributed by atoms with Crippen LogP contribution < -0.4 is 5.32 Å². The molecule has 134 valence electrons. The smallest absolute Gasteiger partial charge is 0.230 e. The molecular formula is C21H28N2OS. The molecule has 1 amide bonds. The molecule has 1 saturated carbocycles. The van der Waals surface area contributed by atoms with Crippen molar-refractivity contribution in [2.45, 2.75) is 57.4 Å². The van der Waals surface area contributed by atoms with E-state index in [1.165, 1.54) is 0 Å². The van der Waals surface area contributed by atoms with Crippen LogP contribution >= 0.6 is 11.8 Å². The molecule has 0 unspecified atom stereocenters. The topological polar surface area (TPSA) is 41.5 Å². The van der Waals surface area contributed by atoms with Crippen molar-refractivity contribution in [2.75, 3.05) is 5.75 Å². The van der Waals surface area contributed by atoms with Crippen LogP contribution in [0.15, 0.2) is 52.4 Å². The molecule has 3 nitrogen and oxygen atoms in total. The van der Waals surface area contributed by atoms with E-state index in [0.717, 1.165) is 47.6 Å². The van der Waals surface area contributed by atoms with Gasteiger partial charge in [0, 0.05) is 22.2 Å². The molecule has 1 aromatic rings. The van der Waals surface area contributed by atoms with E-state index in [0.29, 0.717) is 11.8 Å². The van der Waals surface area contributed by atoms with E-state index in [9.17, 15) is 4.79 Å². The number of rotatable bonds is 9. The van der Waals surface area contributed by atoms with Crippen LogP contribution in [0.5, 0.6) is 0 Å². The van der Waals surface area contributed by atoms with Crippen LogP contribution in [0.2, 0.25) is 0 Å². The van der Waals surface area contributed by atoms with Crippen LogP contribution in [-0.4, -0.2) is 23.4 Å². The summed E-state index contributed by atoms with van der Waals surface area (Å²) in [5, 5.41) is 3.03. The van der Waals surface area contributed by atoms with E-state index < -0.39 is 0 Å². The summed E-state index contributed by atoms with van der Waals surface area (Å²) in [7, 11) is 0. The highest BCUT2D eigenvalue weighted by molar-refractivity contribution is 8.00. The molecule has 0 radical (unpaired) electrons. The minimum atomic E-state index is 0.126. The van der Waals surface area contributed by atoms with E-state index >= 15 is 0 Å². The van der Waals surface area contributed by atoms with Gasteiger partial charge in [0.1, 0.15) is 0 Å². The molecule has 1 aliphatic rings. The summed E-state index contributed by atoms with van der Waals surface area (Å²) in [4.78, 5) is 17.7. The number of carbonyl (C=O) groups excluding carboxylic acids is 1. The van der Waals surface area contributed by atoms with Gasteiger partial charge in [-0.3, -0.25) is 9.79 Å². The van der Waals surface area contributed by atoms with Gasteiger partial charge in [0.15, 0.2) is 0 Å². The van der Waals surface area contributed by atoms with Gasteiger partial charge in [-0.1, -0.05) is 37.6 Å². The minimum Gasteiger partial charge on any atom is -0.353 e. The first kappa shape index (κ1) is 19.5. The molecule has 0 aromatic heterocycles. The SMILES string of the molecule is CC=CC(C)=NC(=CCCC)c1cccc(SCC(=O)NC2CC2)c1. The summed E-state index contributed by atoms with van der Waals surface area (Å²) >= 11 is 1.58. The Morgan fingerprint density at radius 1 is 1.40 bits per heavy atom. The number of hydrogen-bond donors (Lipinski definition) is 1. The highest BCUT2D eigenvalue weighted by Crippen LogP contribution is 2.25. The third-order valence-corrected chi connectivity index (χ3v) is 4.77. The molecule has 0 heterocycles. The lowest BCUT2D eigenvalue weighted by Crippen LogP contribution is -2.26. The largest absolute Gasteiger partial charge is 0.353 e. The zero-order valence-corrected chi connectivity index (χ0v) is 16.2. The summed E-state index contributed by atoms with van der Waals surface area (Å²) in [6.45, 7) is 6.18. The van der Waals surface area contributed by atoms with E-state index in [-0.39, 0.29) is 5.91 Å². The molecule has 1 N–H and O–H groups in total. The van der Waals surface area contributed by atoms with Gasteiger partial charge in [-0.2, -0.15) is 0 Å². The fourth-order valence-electron chi connectivity index (χ4n) is 2.37. The third kappa shape index (κ3) is 7.30. The van der Waals surface area contributed by atoms with Crippen molar-refractivity contribution in [1.29, 1.82) is 0 Å². The average molecular weight is 357 g/mol. The fraction of sp³-hybridized carbons (Fsp3) is 0.429. The minimum absolute atomic E-state index is 0.126. The predicted octanol–water partition coefficient (Wildman–Crippen LogP) is 5.24. The highest BCUT2D eigenvalue weighted by atomic mass is 32.2. The van der Waals surface area contributed by atoms with Crippen molar-refractivity contribution in [3.63, 3.8) is 0 Å². The first-order valence-corrected chi connectivity index (χ1v) is 10.0. The number of thioether (sulfide) groups is 1.